The Bertz CT molecular complexity index is 787. The maximum atomic E-state index is 8.97. The second-order valence-corrected chi connectivity index (χ2v) is 5.80. The molecule has 2 aromatic carbocycles. The van der Waals surface area contributed by atoms with E-state index < -0.39 is 0 Å². The summed E-state index contributed by atoms with van der Waals surface area (Å²) in [6.45, 7) is 3.13. The lowest BCUT2D eigenvalue weighted by Gasteiger charge is -2.24. The molecule has 0 unspecified atom stereocenters. The van der Waals surface area contributed by atoms with Gasteiger partial charge in [-0.1, -0.05) is 25.1 Å². The van der Waals surface area contributed by atoms with Crippen LogP contribution in [0.15, 0.2) is 48.5 Å². The van der Waals surface area contributed by atoms with E-state index in [1.165, 1.54) is 17.0 Å². The third-order valence-electron chi connectivity index (χ3n) is 3.29. The van der Waals surface area contributed by atoms with Gasteiger partial charge in [0.25, 0.3) is 0 Å². The molecule has 0 saturated heterocycles. The third-order valence-corrected chi connectivity index (χ3v) is 4.22. The summed E-state index contributed by atoms with van der Waals surface area (Å²) < 4.78 is 1.06. The molecule has 3 rings (SSSR count). The molecule has 0 N–H and O–H groups in total. The smallest absolute Gasteiger partial charge is 0.195 e. The molecule has 4 heteroatoms. The molecule has 0 aliphatic carbocycles. The van der Waals surface area contributed by atoms with E-state index in [0.29, 0.717) is 5.01 Å². The average Bonchev–Trinajstić information content (AvgIpc) is 2.95. The fourth-order valence-corrected chi connectivity index (χ4v) is 3.16. The van der Waals surface area contributed by atoms with Crippen LogP contribution in [0.25, 0.3) is 10.2 Å². The highest BCUT2D eigenvalue weighted by Gasteiger charge is 2.10. The fraction of sp³-hybridized carbons (Fsp3) is 0.176. The van der Waals surface area contributed by atoms with Crippen molar-refractivity contribution in [3.05, 3.63) is 53.5 Å². The van der Waals surface area contributed by atoms with Crippen molar-refractivity contribution in [2.45, 2.75) is 13.3 Å². The van der Waals surface area contributed by atoms with E-state index >= 15 is 0 Å². The van der Waals surface area contributed by atoms with Crippen LogP contribution in [-0.4, -0.2) is 11.5 Å². The van der Waals surface area contributed by atoms with Gasteiger partial charge in [-0.15, -0.1) is 11.3 Å². The SMILES string of the molecule is CCCN(c1ccccc1)c1ccc2nc(C#N)sc2c1. The molecule has 21 heavy (non-hydrogen) atoms. The second-order valence-electron chi connectivity index (χ2n) is 4.77. The van der Waals surface area contributed by atoms with Gasteiger partial charge in [0.2, 0.25) is 0 Å². The van der Waals surface area contributed by atoms with Crippen molar-refractivity contribution < 1.29 is 0 Å². The molecule has 0 aliphatic rings. The molecule has 0 radical (unpaired) electrons. The Morgan fingerprint density at radius 3 is 2.67 bits per heavy atom. The van der Waals surface area contributed by atoms with Crippen molar-refractivity contribution in [1.29, 1.82) is 5.26 Å². The lowest BCUT2D eigenvalue weighted by Crippen LogP contribution is -2.17. The van der Waals surface area contributed by atoms with Crippen molar-refractivity contribution in [2.75, 3.05) is 11.4 Å². The van der Waals surface area contributed by atoms with Crippen LogP contribution in [0.2, 0.25) is 0 Å². The molecule has 0 saturated carbocycles. The predicted octanol–water partition coefficient (Wildman–Crippen LogP) is 4.72. The van der Waals surface area contributed by atoms with Gasteiger partial charge in [0.15, 0.2) is 5.01 Å². The number of thiazole rings is 1. The molecular weight excluding hydrogens is 278 g/mol. The Hall–Kier alpha value is -2.38. The quantitative estimate of drug-likeness (QED) is 0.699. The van der Waals surface area contributed by atoms with Crippen molar-refractivity contribution in [3.8, 4) is 6.07 Å². The number of hydrogen-bond donors (Lipinski definition) is 0. The van der Waals surface area contributed by atoms with Crippen LogP contribution in [0.1, 0.15) is 18.4 Å². The topological polar surface area (TPSA) is 39.9 Å². The highest BCUT2D eigenvalue weighted by Crippen LogP contribution is 2.31. The summed E-state index contributed by atoms with van der Waals surface area (Å²) in [7, 11) is 0. The van der Waals surface area contributed by atoms with Crippen LogP contribution in [0.5, 0.6) is 0 Å². The molecule has 3 aromatic rings. The van der Waals surface area contributed by atoms with Gasteiger partial charge >= 0.3 is 0 Å². The zero-order valence-corrected chi connectivity index (χ0v) is 12.6. The standard InChI is InChI=1S/C17H15N3S/c1-2-10-20(13-6-4-3-5-7-13)14-8-9-15-16(11-14)21-17(12-18)19-15/h3-9,11H,2,10H2,1H3. The minimum absolute atomic E-state index is 0.518. The van der Waals surface area contributed by atoms with Crippen LogP contribution >= 0.6 is 11.3 Å². The minimum atomic E-state index is 0.518. The van der Waals surface area contributed by atoms with E-state index in [1.54, 1.807) is 0 Å². The van der Waals surface area contributed by atoms with E-state index in [2.05, 4.69) is 59.3 Å². The first-order valence-electron chi connectivity index (χ1n) is 6.95. The van der Waals surface area contributed by atoms with Crippen molar-refractivity contribution in [2.24, 2.45) is 0 Å². The zero-order chi connectivity index (χ0) is 14.7. The predicted molar refractivity (Wildman–Crippen MR) is 88.1 cm³/mol. The molecule has 3 nitrogen and oxygen atoms in total. The number of rotatable bonds is 4. The van der Waals surface area contributed by atoms with E-state index in [0.717, 1.165) is 28.9 Å². The van der Waals surface area contributed by atoms with Gasteiger partial charge in [0, 0.05) is 17.9 Å². The molecule has 104 valence electrons. The monoisotopic (exact) mass is 293 g/mol. The summed E-state index contributed by atoms with van der Waals surface area (Å²) in [5.41, 5.74) is 3.22. The molecule has 0 atom stereocenters. The molecule has 0 amide bonds. The van der Waals surface area contributed by atoms with E-state index in [-0.39, 0.29) is 0 Å². The lowest BCUT2D eigenvalue weighted by molar-refractivity contribution is 0.886. The summed E-state index contributed by atoms with van der Waals surface area (Å²) in [5, 5.41) is 9.48. The van der Waals surface area contributed by atoms with Crippen LogP contribution in [0.4, 0.5) is 11.4 Å². The van der Waals surface area contributed by atoms with Crippen molar-refractivity contribution in [3.63, 3.8) is 0 Å². The number of para-hydroxylation sites is 1. The Kier molecular flexibility index (Phi) is 3.85. The number of hydrogen-bond acceptors (Lipinski definition) is 4. The van der Waals surface area contributed by atoms with Gasteiger partial charge in [-0.2, -0.15) is 5.26 Å². The molecular formula is C17H15N3S. The Morgan fingerprint density at radius 1 is 1.14 bits per heavy atom. The summed E-state index contributed by atoms with van der Waals surface area (Å²) in [6.07, 6.45) is 1.07. The molecule has 1 heterocycles. The average molecular weight is 293 g/mol. The molecule has 0 fully saturated rings. The van der Waals surface area contributed by atoms with Crippen LogP contribution in [0.3, 0.4) is 0 Å². The first kappa shape index (κ1) is 13.6. The summed E-state index contributed by atoms with van der Waals surface area (Å²) >= 11 is 1.44. The van der Waals surface area contributed by atoms with Crippen molar-refractivity contribution >= 4 is 32.9 Å². The van der Waals surface area contributed by atoms with Gasteiger partial charge in [-0.3, -0.25) is 0 Å². The van der Waals surface area contributed by atoms with Gasteiger partial charge in [0.1, 0.15) is 6.07 Å². The Balaban J connectivity index is 2.05. The maximum absolute atomic E-state index is 8.97. The molecule has 0 bridgehead atoms. The largest absolute Gasteiger partial charge is 0.341 e. The normalized spacial score (nSPS) is 10.5. The van der Waals surface area contributed by atoms with Crippen LogP contribution in [-0.2, 0) is 0 Å². The number of nitriles is 1. The van der Waals surface area contributed by atoms with Gasteiger partial charge in [-0.25, -0.2) is 4.98 Å². The second kappa shape index (κ2) is 5.94. The molecule has 0 aliphatic heterocycles. The summed E-state index contributed by atoms with van der Waals surface area (Å²) in [4.78, 5) is 6.59. The van der Waals surface area contributed by atoms with Gasteiger partial charge in [-0.05, 0) is 36.8 Å². The zero-order valence-electron chi connectivity index (χ0n) is 11.8. The first-order chi connectivity index (χ1) is 10.3. The Labute approximate surface area is 128 Å². The highest BCUT2D eigenvalue weighted by molar-refractivity contribution is 7.19. The number of anilines is 2. The number of nitrogens with zero attached hydrogens (tertiary/aromatic N) is 3. The molecule has 1 aromatic heterocycles. The van der Waals surface area contributed by atoms with E-state index in [9.17, 15) is 0 Å². The third kappa shape index (κ3) is 2.74. The summed E-state index contributed by atoms with van der Waals surface area (Å²) in [5.74, 6) is 0. The summed E-state index contributed by atoms with van der Waals surface area (Å²) in [6, 6.07) is 18.7. The van der Waals surface area contributed by atoms with Crippen LogP contribution in [0, 0.1) is 11.3 Å². The number of aromatic nitrogens is 1. The Morgan fingerprint density at radius 2 is 1.95 bits per heavy atom. The molecule has 0 spiro atoms. The number of benzene rings is 2. The van der Waals surface area contributed by atoms with E-state index in [4.69, 9.17) is 5.26 Å². The van der Waals surface area contributed by atoms with Crippen LogP contribution < -0.4 is 4.90 Å². The van der Waals surface area contributed by atoms with Gasteiger partial charge in [0.05, 0.1) is 10.2 Å². The van der Waals surface area contributed by atoms with Crippen molar-refractivity contribution in [1.82, 2.24) is 4.98 Å². The first-order valence-corrected chi connectivity index (χ1v) is 7.76. The van der Waals surface area contributed by atoms with E-state index in [1.807, 2.05) is 12.1 Å². The van der Waals surface area contributed by atoms with Gasteiger partial charge < -0.3 is 4.90 Å². The highest BCUT2D eigenvalue weighted by atomic mass is 32.1. The lowest BCUT2D eigenvalue weighted by atomic mass is 10.2. The maximum Gasteiger partial charge on any atom is 0.195 e. The fourth-order valence-electron chi connectivity index (χ4n) is 2.37. The number of fused-ring (bicyclic) bond motifs is 1. The minimum Gasteiger partial charge on any atom is -0.341 e.